The van der Waals surface area contributed by atoms with Crippen molar-refractivity contribution in [1.82, 2.24) is 9.97 Å². The molecular formula is C13H14ClN3O4S. The molecule has 2 rings (SSSR count). The van der Waals surface area contributed by atoms with Crippen LogP contribution in [0.3, 0.4) is 0 Å². The lowest BCUT2D eigenvalue weighted by Crippen LogP contribution is -2.17. The number of hydrogen-bond donors (Lipinski definition) is 2. The molecule has 0 unspecified atom stereocenters. The number of nitrogens with zero attached hydrogens (tertiary/aromatic N) is 1. The molecule has 0 atom stereocenters. The number of carbonyl (C=O) groups is 1. The number of halogens is 1. The largest absolute Gasteiger partial charge is 0.403 e. The van der Waals surface area contributed by atoms with Crippen molar-refractivity contribution < 1.29 is 9.21 Å². The van der Waals surface area contributed by atoms with Gasteiger partial charge in [-0.3, -0.25) is 9.59 Å². The molecule has 118 valence electrons. The number of thioether (sulfide) groups is 1. The van der Waals surface area contributed by atoms with Crippen LogP contribution in [0.1, 0.15) is 18.4 Å². The number of unbranched alkanes of at least 4 members (excludes halogenated alkanes) is 1. The standard InChI is InChI=1S/C13H14ClN3O4S/c14-4-2-1-3-7-5-9(19)21-12-10(7)11(20)16-13(17-12)22-6-8(15)18/h5H,1-4,6H2,(H2,15,18)(H,16,17,20). The van der Waals surface area contributed by atoms with Gasteiger partial charge >= 0.3 is 5.63 Å². The van der Waals surface area contributed by atoms with Crippen LogP contribution < -0.4 is 16.9 Å². The number of aromatic nitrogens is 2. The highest BCUT2D eigenvalue weighted by atomic mass is 35.5. The Kier molecular flexibility index (Phi) is 5.62. The first-order valence-corrected chi connectivity index (χ1v) is 8.07. The summed E-state index contributed by atoms with van der Waals surface area (Å²) in [7, 11) is 0. The van der Waals surface area contributed by atoms with Crippen LogP contribution in [0.5, 0.6) is 0 Å². The topological polar surface area (TPSA) is 119 Å². The zero-order valence-corrected chi connectivity index (χ0v) is 13.1. The molecule has 0 fully saturated rings. The zero-order chi connectivity index (χ0) is 16.1. The normalized spacial score (nSPS) is 11.0. The summed E-state index contributed by atoms with van der Waals surface area (Å²) in [5.41, 5.74) is 4.60. The van der Waals surface area contributed by atoms with Crippen LogP contribution in [0.25, 0.3) is 11.1 Å². The number of alkyl halides is 1. The quantitative estimate of drug-likeness (QED) is 0.335. The van der Waals surface area contributed by atoms with Crippen molar-refractivity contribution in [2.24, 2.45) is 5.73 Å². The van der Waals surface area contributed by atoms with Gasteiger partial charge in [0, 0.05) is 11.9 Å². The van der Waals surface area contributed by atoms with Crippen LogP contribution in [0.15, 0.2) is 25.2 Å². The van der Waals surface area contributed by atoms with Crippen molar-refractivity contribution in [2.75, 3.05) is 11.6 Å². The molecule has 0 aromatic carbocycles. The summed E-state index contributed by atoms with van der Waals surface area (Å²) in [6, 6.07) is 1.30. The number of primary amides is 1. The van der Waals surface area contributed by atoms with Crippen LogP contribution in [-0.4, -0.2) is 27.5 Å². The molecule has 22 heavy (non-hydrogen) atoms. The van der Waals surface area contributed by atoms with E-state index in [1.54, 1.807) is 0 Å². The predicted octanol–water partition coefficient (Wildman–Crippen LogP) is 1.02. The van der Waals surface area contributed by atoms with Gasteiger partial charge in [-0.1, -0.05) is 11.8 Å². The molecule has 0 bridgehead atoms. The molecular weight excluding hydrogens is 330 g/mol. The van der Waals surface area contributed by atoms with Crippen LogP contribution >= 0.6 is 23.4 Å². The maximum absolute atomic E-state index is 12.2. The number of nitrogens with one attached hydrogen (secondary N) is 1. The highest BCUT2D eigenvalue weighted by molar-refractivity contribution is 7.99. The molecule has 9 heteroatoms. The highest BCUT2D eigenvalue weighted by Gasteiger charge is 2.13. The summed E-state index contributed by atoms with van der Waals surface area (Å²) in [5.74, 6) is -0.0558. The molecule has 0 spiro atoms. The molecule has 1 amide bonds. The lowest BCUT2D eigenvalue weighted by atomic mass is 10.1. The zero-order valence-electron chi connectivity index (χ0n) is 11.6. The minimum Gasteiger partial charge on any atom is -0.403 e. The van der Waals surface area contributed by atoms with Gasteiger partial charge in [-0.05, 0) is 24.8 Å². The number of nitrogens with two attached hydrogens (primary N) is 1. The number of H-pyrrole nitrogens is 1. The number of aromatic amines is 1. The first kappa shape index (κ1) is 16.6. The fourth-order valence-corrected chi connectivity index (χ4v) is 2.72. The lowest BCUT2D eigenvalue weighted by molar-refractivity contribution is -0.115. The van der Waals surface area contributed by atoms with Gasteiger partial charge in [0.05, 0.1) is 5.75 Å². The van der Waals surface area contributed by atoms with Crippen LogP contribution in [0.2, 0.25) is 0 Å². The van der Waals surface area contributed by atoms with E-state index in [0.29, 0.717) is 17.9 Å². The molecule has 7 nitrogen and oxygen atoms in total. The Balaban J connectivity index is 2.44. The Morgan fingerprint density at radius 1 is 1.41 bits per heavy atom. The third-order valence-electron chi connectivity index (χ3n) is 2.86. The summed E-state index contributed by atoms with van der Waals surface area (Å²) in [6.45, 7) is 0. The monoisotopic (exact) mass is 343 g/mol. The summed E-state index contributed by atoms with van der Waals surface area (Å²) in [6.07, 6.45) is 2.06. The molecule has 2 heterocycles. The second-order valence-corrected chi connectivity index (χ2v) is 5.88. The van der Waals surface area contributed by atoms with Gasteiger partial charge < -0.3 is 15.1 Å². The van der Waals surface area contributed by atoms with Crippen molar-refractivity contribution in [3.8, 4) is 0 Å². The number of carbonyl (C=O) groups excluding carboxylic acids is 1. The third-order valence-corrected chi connectivity index (χ3v) is 4.02. The van der Waals surface area contributed by atoms with Gasteiger partial charge in [0.2, 0.25) is 11.6 Å². The second-order valence-electron chi connectivity index (χ2n) is 4.54. The molecule has 0 saturated carbocycles. The van der Waals surface area contributed by atoms with E-state index in [9.17, 15) is 14.4 Å². The minimum absolute atomic E-state index is 0.0336. The van der Waals surface area contributed by atoms with Crippen molar-refractivity contribution >= 4 is 40.4 Å². The average Bonchev–Trinajstić information content (AvgIpc) is 2.44. The Hall–Kier alpha value is -1.80. The average molecular weight is 344 g/mol. The Morgan fingerprint density at radius 2 is 2.18 bits per heavy atom. The molecule has 3 N–H and O–H groups in total. The Labute approximate surface area is 134 Å². The van der Waals surface area contributed by atoms with Crippen molar-refractivity contribution in [1.29, 1.82) is 0 Å². The first-order valence-electron chi connectivity index (χ1n) is 6.55. The van der Waals surface area contributed by atoms with E-state index >= 15 is 0 Å². The maximum Gasteiger partial charge on any atom is 0.337 e. The Bertz CT molecular complexity index is 802. The second kappa shape index (κ2) is 7.46. The highest BCUT2D eigenvalue weighted by Crippen LogP contribution is 2.17. The first-order chi connectivity index (χ1) is 10.5. The third kappa shape index (κ3) is 4.11. The molecule has 0 aliphatic carbocycles. The van der Waals surface area contributed by atoms with E-state index in [1.807, 2.05) is 0 Å². The van der Waals surface area contributed by atoms with Gasteiger partial charge in [-0.15, -0.1) is 11.6 Å². The van der Waals surface area contributed by atoms with Crippen molar-refractivity contribution in [2.45, 2.75) is 24.4 Å². The van der Waals surface area contributed by atoms with E-state index in [4.69, 9.17) is 21.8 Å². The fraction of sp³-hybridized carbons (Fsp3) is 0.385. The number of amides is 1. The summed E-state index contributed by atoms with van der Waals surface area (Å²) < 4.78 is 4.99. The van der Waals surface area contributed by atoms with Crippen LogP contribution in [-0.2, 0) is 11.2 Å². The number of aryl methyl sites for hydroxylation is 1. The van der Waals surface area contributed by atoms with E-state index in [2.05, 4.69) is 9.97 Å². The molecule has 0 saturated heterocycles. The molecule has 0 aliphatic rings. The smallest absolute Gasteiger partial charge is 0.337 e. The van der Waals surface area contributed by atoms with E-state index in [1.165, 1.54) is 6.07 Å². The van der Waals surface area contributed by atoms with Gasteiger partial charge in [0.1, 0.15) is 5.39 Å². The Morgan fingerprint density at radius 3 is 2.86 bits per heavy atom. The molecule has 2 aromatic rings. The van der Waals surface area contributed by atoms with Crippen molar-refractivity contribution in [3.63, 3.8) is 0 Å². The molecule has 2 aromatic heterocycles. The van der Waals surface area contributed by atoms with Crippen molar-refractivity contribution in [3.05, 3.63) is 32.4 Å². The van der Waals surface area contributed by atoms with Gasteiger partial charge in [-0.25, -0.2) is 4.79 Å². The van der Waals surface area contributed by atoms with E-state index < -0.39 is 17.1 Å². The SMILES string of the molecule is NC(=O)CSc1nc2oc(=O)cc(CCCCCl)c2c(=O)[nH]1. The summed E-state index contributed by atoms with van der Waals surface area (Å²) >= 11 is 6.60. The van der Waals surface area contributed by atoms with E-state index in [0.717, 1.165) is 24.6 Å². The molecule has 0 aliphatic heterocycles. The predicted molar refractivity (Wildman–Crippen MR) is 84.5 cm³/mol. The lowest BCUT2D eigenvalue weighted by Gasteiger charge is -2.05. The fourth-order valence-electron chi connectivity index (χ4n) is 1.94. The maximum atomic E-state index is 12.2. The minimum atomic E-state index is -0.572. The van der Waals surface area contributed by atoms with Gasteiger partial charge in [0.15, 0.2) is 5.16 Å². The summed E-state index contributed by atoms with van der Waals surface area (Å²) in [4.78, 5) is 41.2. The number of hydrogen-bond acceptors (Lipinski definition) is 6. The van der Waals surface area contributed by atoms with E-state index in [-0.39, 0.29) is 22.0 Å². The van der Waals surface area contributed by atoms with Gasteiger partial charge in [0.25, 0.3) is 5.56 Å². The van der Waals surface area contributed by atoms with Crippen LogP contribution in [0.4, 0.5) is 0 Å². The number of fused-ring (bicyclic) bond motifs is 1. The molecule has 0 radical (unpaired) electrons. The van der Waals surface area contributed by atoms with Crippen LogP contribution in [0, 0.1) is 0 Å². The number of rotatable bonds is 7. The summed E-state index contributed by atoms with van der Waals surface area (Å²) in [5, 5.41) is 0.426. The van der Waals surface area contributed by atoms with Gasteiger partial charge in [-0.2, -0.15) is 4.98 Å².